The van der Waals surface area contributed by atoms with E-state index < -0.39 is 97.5 Å². The summed E-state index contributed by atoms with van der Waals surface area (Å²) in [5, 5.41) is 10.6. The number of ether oxygens (including phenoxy) is 4. The topological polar surface area (TPSA) is 237 Å². The summed E-state index contributed by atoms with van der Waals surface area (Å²) >= 11 is 0. The van der Waals surface area contributed by atoms with Gasteiger partial charge in [-0.05, 0) is 88.9 Å². The fraction of sp³-hybridized carbons (Fsp3) is 0.848. The molecular formula is C79H146O17P2. The van der Waals surface area contributed by atoms with Gasteiger partial charge in [-0.2, -0.15) is 0 Å². The Morgan fingerprint density at radius 3 is 0.857 bits per heavy atom. The summed E-state index contributed by atoms with van der Waals surface area (Å²) in [4.78, 5) is 72.9. The highest BCUT2D eigenvalue weighted by molar-refractivity contribution is 7.47. The van der Waals surface area contributed by atoms with Crippen molar-refractivity contribution in [2.45, 2.75) is 381 Å². The summed E-state index contributed by atoms with van der Waals surface area (Å²) in [7, 11) is -9.94. The average molecular weight is 1430 g/mol. The van der Waals surface area contributed by atoms with Crippen LogP contribution in [0.2, 0.25) is 0 Å². The molecule has 0 heterocycles. The van der Waals surface area contributed by atoms with E-state index >= 15 is 0 Å². The number of aliphatic hydroxyl groups is 1. The van der Waals surface area contributed by atoms with Crippen LogP contribution >= 0.6 is 15.6 Å². The number of rotatable bonds is 74. The van der Waals surface area contributed by atoms with Gasteiger partial charge in [-0.1, -0.05) is 308 Å². The Kier molecular flexibility index (Phi) is 67.6. The summed E-state index contributed by atoms with van der Waals surface area (Å²) in [6.07, 6.45) is 64.0. The number of phosphoric ester groups is 2. The molecule has 0 spiro atoms. The standard InChI is InChI=1S/C79H146O17P2/c1-7-11-13-15-17-19-21-23-25-30-34-38-42-49-55-61-76(81)89-67-74(95-78(83)63-58-52-44-40-36-32-28-27-29-33-37-41-47-53-59-71(5)9-3)69-93-97(85,86)91-65-73(80)66-92-98(87,88)94-70-75(68-90-77(82)62-56-50-46-45-48-54-60-72(6)10-4)96-79(84)64-57-51-43-39-35-31-26-24-22-20-18-16-14-12-8-2/h19-26,71-75,80H,7-18,27-70H2,1-6H3,(H,85,86)(H,87,88)/b21-19-,22-20-,25-23-,26-24-/t71?,72?,73-,74-,75-/m1/s1. The fourth-order valence-corrected chi connectivity index (χ4v) is 12.6. The third-order valence-electron chi connectivity index (χ3n) is 17.9. The molecule has 0 saturated heterocycles. The van der Waals surface area contributed by atoms with Crippen LogP contribution in [0.4, 0.5) is 0 Å². The molecule has 19 heteroatoms. The number of hydrogen-bond donors (Lipinski definition) is 3. The Morgan fingerprint density at radius 1 is 0.327 bits per heavy atom. The lowest BCUT2D eigenvalue weighted by atomic mass is 9.99. The number of aliphatic hydroxyl groups excluding tert-OH is 1. The first-order chi connectivity index (χ1) is 47.4. The van der Waals surface area contributed by atoms with Gasteiger partial charge in [-0.25, -0.2) is 9.13 Å². The van der Waals surface area contributed by atoms with Crippen LogP contribution in [0.5, 0.6) is 0 Å². The summed E-state index contributed by atoms with van der Waals surface area (Å²) in [6, 6.07) is 0. The van der Waals surface area contributed by atoms with Crippen molar-refractivity contribution in [3.63, 3.8) is 0 Å². The molecule has 0 radical (unpaired) electrons. The molecule has 4 unspecified atom stereocenters. The number of esters is 4. The molecule has 0 aromatic rings. The van der Waals surface area contributed by atoms with Gasteiger partial charge in [0.2, 0.25) is 0 Å². The number of phosphoric acid groups is 2. The van der Waals surface area contributed by atoms with Crippen LogP contribution in [0.25, 0.3) is 0 Å². The second-order valence-electron chi connectivity index (χ2n) is 27.6. The molecule has 98 heavy (non-hydrogen) atoms. The van der Waals surface area contributed by atoms with Crippen molar-refractivity contribution in [3.8, 4) is 0 Å². The normalized spacial score (nSPS) is 14.8. The second kappa shape index (κ2) is 69.7. The quantitative estimate of drug-likeness (QED) is 0.0169. The van der Waals surface area contributed by atoms with Crippen LogP contribution in [0.1, 0.15) is 363 Å². The Bertz CT molecular complexity index is 2080. The van der Waals surface area contributed by atoms with Crippen molar-refractivity contribution in [1.82, 2.24) is 0 Å². The number of carbonyl (C=O) groups is 4. The Labute approximate surface area is 597 Å². The second-order valence-corrected chi connectivity index (χ2v) is 30.5. The maximum atomic E-state index is 13.1. The molecule has 7 atom stereocenters. The average Bonchev–Trinajstić information content (AvgIpc) is 1.94. The van der Waals surface area contributed by atoms with Crippen molar-refractivity contribution in [3.05, 3.63) is 48.6 Å². The molecule has 0 amide bonds. The van der Waals surface area contributed by atoms with Crippen LogP contribution in [0.3, 0.4) is 0 Å². The van der Waals surface area contributed by atoms with Crippen molar-refractivity contribution >= 4 is 39.5 Å². The Balaban J connectivity index is 5.32. The zero-order valence-electron chi connectivity index (χ0n) is 63.1. The number of carbonyl (C=O) groups excluding carboxylic acids is 4. The van der Waals surface area contributed by atoms with E-state index in [9.17, 15) is 43.2 Å². The lowest BCUT2D eigenvalue weighted by molar-refractivity contribution is -0.161. The van der Waals surface area contributed by atoms with E-state index in [1.54, 1.807) is 0 Å². The molecule has 17 nitrogen and oxygen atoms in total. The number of allylic oxidation sites excluding steroid dienone is 8. The van der Waals surface area contributed by atoms with Gasteiger partial charge in [0.25, 0.3) is 0 Å². The van der Waals surface area contributed by atoms with Gasteiger partial charge in [0.1, 0.15) is 19.3 Å². The van der Waals surface area contributed by atoms with Crippen LogP contribution in [-0.4, -0.2) is 96.7 Å². The van der Waals surface area contributed by atoms with Gasteiger partial charge < -0.3 is 33.8 Å². The minimum Gasteiger partial charge on any atom is -0.462 e. The van der Waals surface area contributed by atoms with Crippen molar-refractivity contribution < 1.29 is 80.2 Å². The third kappa shape index (κ3) is 68.8. The lowest BCUT2D eigenvalue weighted by Crippen LogP contribution is -2.30. The summed E-state index contributed by atoms with van der Waals surface area (Å²) < 4.78 is 68.5. The SMILES string of the molecule is CCCCCC/C=C\C=C/CCCCCCCC(=O)OC[C@H](COP(=O)(O)OC[C@@H](O)COP(=O)(O)OC[C@@H](COC(=O)CCCCCCCCC(C)CC)OC(=O)CCCCCCC/C=C\C=C/CCCCCC)OC(=O)CCCCCCCCCCCCCCCCC(C)CC. The van der Waals surface area contributed by atoms with Gasteiger partial charge >= 0.3 is 39.5 Å². The molecule has 0 rings (SSSR count). The zero-order chi connectivity index (χ0) is 72.1. The molecule has 0 saturated carbocycles. The van der Waals surface area contributed by atoms with E-state index in [1.807, 2.05) is 0 Å². The molecule has 0 fully saturated rings. The zero-order valence-corrected chi connectivity index (χ0v) is 64.8. The molecule has 0 aromatic carbocycles. The predicted molar refractivity (Wildman–Crippen MR) is 400 cm³/mol. The summed E-state index contributed by atoms with van der Waals surface area (Å²) in [5.74, 6) is -0.606. The summed E-state index contributed by atoms with van der Waals surface area (Å²) in [6.45, 7) is 9.49. The number of hydrogen-bond acceptors (Lipinski definition) is 15. The Morgan fingerprint density at radius 2 is 0.571 bits per heavy atom. The van der Waals surface area contributed by atoms with Crippen molar-refractivity contribution in [2.75, 3.05) is 39.6 Å². The number of unbranched alkanes of at least 4 members (excludes halogenated alkanes) is 36. The first kappa shape index (κ1) is 95.0. The maximum Gasteiger partial charge on any atom is 0.472 e. The molecular weight excluding hydrogens is 1280 g/mol. The van der Waals surface area contributed by atoms with Gasteiger partial charge in [0, 0.05) is 25.7 Å². The van der Waals surface area contributed by atoms with Crippen molar-refractivity contribution in [2.24, 2.45) is 11.8 Å². The van der Waals surface area contributed by atoms with E-state index in [4.69, 9.17) is 37.0 Å². The van der Waals surface area contributed by atoms with E-state index in [1.165, 1.54) is 141 Å². The van der Waals surface area contributed by atoms with Crippen molar-refractivity contribution in [1.29, 1.82) is 0 Å². The van der Waals surface area contributed by atoms with Crippen LogP contribution < -0.4 is 0 Å². The lowest BCUT2D eigenvalue weighted by Gasteiger charge is -2.21. The van der Waals surface area contributed by atoms with Gasteiger partial charge in [-0.3, -0.25) is 37.3 Å². The smallest absolute Gasteiger partial charge is 0.462 e. The first-order valence-corrected chi connectivity index (χ1v) is 42.7. The highest BCUT2D eigenvalue weighted by Gasteiger charge is 2.30. The van der Waals surface area contributed by atoms with Crippen LogP contribution in [-0.2, 0) is 65.4 Å². The van der Waals surface area contributed by atoms with Crippen LogP contribution in [0, 0.1) is 11.8 Å². The fourth-order valence-electron chi connectivity index (χ4n) is 11.0. The Hall–Kier alpha value is -2.98. The monoisotopic (exact) mass is 1430 g/mol. The molecule has 0 aliphatic heterocycles. The van der Waals surface area contributed by atoms with E-state index in [0.29, 0.717) is 25.7 Å². The van der Waals surface area contributed by atoms with E-state index in [2.05, 4.69) is 90.2 Å². The minimum atomic E-state index is -4.97. The molecule has 0 aromatic heterocycles. The first-order valence-electron chi connectivity index (χ1n) is 39.7. The van der Waals surface area contributed by atoms with Crippen LogP contribution in [0.15, 0.2) is 48.6 Å². The van der Waals surface area contributed by atoms with Gasteiger partial charge in [-0.15, -0.1) is 0 Å². The highest BCUT2D eigenvalue weighted by atomic mass is 31.2. The van der Waals surface area contributed by atoms with E-state index in [-0.39, 0.29) is 25.7 Å². The molecule has 0 bridgehead atoms. The van der Waals surface area contributed by atoms with Gasteiger partial charge in [0.05, 0.1) is 26.4 Å². The van der Waals surface area contributed by atoms with E-state index in [0.717, 1.165) is 140 Å². The highest BCUT2D eigenvalue weighted by Crippen LogP contribution is 2.45. The minimum absolute atomic E-state index is 0.0818. The third-order valence-corrected chi connectivity index (χ3v) is 19.8. The molecule has 0 aliphatic carbocycles. The molecule has 3 N–H and O–H groups in total. The van der Waals surface area contributed by atoms with Gasteiger partial charge in [0.15, 0.2) is 12.2 Å². The largest absolute Gasteiger partial charge is 0.472 e. The molecule has 574 valence electrons. The molecule has 0 aliphatic rings. The predicted octanol–water partition coefficient (Wildman–Crippen LogP) is 22.6. The maximum absolute atomic E-state index is 13.1. The summed E-state index contributed by atoms with van der Waals surface area (Å²) in [5.41, 5.74) is 0.